The number of hydrogen-bond acceptors (Lipinski definition) is 4. The second-order valence-electron chi connectivity index (χ2n) is 3.51. The molecule has 4 nitrogen and oxygen atoms in total. The summed E-state index contributed by atoms with van der Waals surface area (Å²) in [6.07, 6.45) is 2.72. The van der Waals surface area contributed by atoms with E-state index in [1.54, 1.807) is 12.3 Å². The molecule has 0 amide bonds. The second kappa shape index (κ2) is 4.30. The zero-order valence-electron chi connectivity index (χ0n) is 9.12. The number of halogens is 1. The van der Waals surface area contributed by atoms with E-state index in [2.05, 4.69) is 15.5 Å². The van der Waals surface area contributed by atoms with Crippen LogP contribution in [0.15, 0.2) is 23.0 Å². The summed E-state index contributed by atoms with van der Waals surface area (Å²) in [5, 5.41) is 6.81. The molecule has 0 bridgehead atoms. The van der Waals surface area contributed by atoms with Crippen LogP contribution in [0.3, 0.4) is 0 Å². The molecule has 1 N–H and O–H groups in total. The maximum Gasteiger partial charge on any atom is 0.164 e. The summed E-state index contributed by atoms with van der Waals surface area (Å²) >= 11 is 0. The molecule has 2 rings (SSSR count). The summed E-state index contributed by atoms with van der Waals surface area (Å²) < 4.78 is 18.3. The largest absolute Gasteiger partial charge is 0.378 e. The molecular weight excluding hydrogens is 209 g/mol. The van der Waals surface area contributed by atoms with Crippen LogP contribution in [-0.4, -0.2) is 10.1 Å². The van der Waals surface area contributed by atoms with Crippen molar-refractivity contribution in [2.75, 3.05) is 5.32 Å². The molecule has 0 radical (unpaired) electrons. The van der Waals surface area contributed by atoms with Gasteiger partial charge in [-0.25, -0.2) is 4.39 Å². The van der Waals surface area contributed by atoms with Crippen molar-refractivity contribution >= 4 is 5.69 Å². The number of aromatic nitrogens is 2. The average molecular weight is 221 g/mol. The van der Waals surface area contributed by atoms with Gasteiger partial charge in [-0.15, -0.1) is 0 Å². The lowest BCUT2D eigenvalue weighted by molar-refractivity contribution is 0.392. The van der Waals surface area contributed by atoms with Crippen LogP contribution in [0.4, 0.5) is 10.1 Å². The van der Waals surface area contributed by atoms with Crippen LogP contribution in [0.25, 0.3) is 0 Å². The van der Waals surface area contributed by atoms with Crippen LogP contribution in [0.1, 0.15) is 17.0 Å². The third kappa shape index (κ3) is 2.03. The van der Waals surface area contributed by atoms with Crippen molar-refractivity contribution in [1.82, 2.24) is 10.1 Å². The SMILES string of the molecule is Cc1noc(C)c1CNc1ccncc1F. The Morgan fingerprint density at radius 3 is 2.88 bits per heavy atom. The molecule has 5 heteroatoms. The fraction of sp³-hybridized carbons (Fsp3) is 0.273. The minimum Gasteiger partial charge on any atom is -0.378 e. The maximum absolute atomic E-state index is 13.3. The van der Waals surface area contributed by atoms with E-state index in [4.69, 9.17) is 4.52 Å². The van der Waals surface area contributed by atoms with E-state index in [1.807, 2.05) is 13.8 Å². The zero-order valence-corrected chi connectivity index (χ0v) is 9.12. The highest BCUT2D eigenvalue weighted by Gasteiger charge is 2.09. The van der Waals surface area contributed by atoms with Crippen molar-refractivity contribution in [2.24, 2.45) is 0 Å². The van der Waals surface area contributed by atoms with Crippen molar-refractivity contribution in [3.8, 4) is 0 Å². The number of pyridine rings is 1. The number of rotatable bonds is 3. The van der Waals surface area contributed by atoms with E-state index in [1.165, 1.54) is 6.20 Å². The molecule has 2 aromatic rings. The van der Waals surface area contributed by atoms with Crippen LogP contribution in [0, 0.1) is 19.7 Å². The third-order valence-electron chi connectivity index (χ3n) is 2.41. The molecular formula is C11H12FN3O. The lowest BCUT2D eigenvalue weighted by atomic mass is 10.2. The quantitative estimate of drug-likeness (QED) is 0.864. The lowest BCUT2D eigenvalue weighted by Gasteiger charge is -2.06. The first-order valence-electron chi connectivity index (χ1n) is 4.93. The normalized spacial score (nSPS) is 10.4. The van der Waals surface area contributed by atoms with E-state index >= 15 is 0 Å². The van der Waals surface area contributed by atoms with Crippen molar-refractivity contribution in [3.63, 3.8) is 0 Å². The molecule has 0 aliphatic rings. The molecule has 16 heavy (non-hydrogen) atoms. The standard InChI is InChI=1S/C11H12FN3O/c1-7-9(8(2)16-15-7)5-14-11-3-4-13-6-10(11)12/h3-4,6H,5H2,1-2H3,(H,13,14). The van der Waals surface area contributed by atoms with Gasteiger partial charge in [-0.1, -0.05) is 5.16 Å². The van der Waals surface area contributed by atoms with Gasteiger partial charge in [0, 0.05) is 18.3 Å². The fourth-order valence-corrected chi connectivity index (χ4v) is 1.46. The molecule has 0 spiro atoms. The van der Waals surface area contributed by atoms with Crippen LogP contribution >= 0.6 is 0 Å². The number of aryl methyl sites for hydroxylation is 2. The lowest BCUT2D eigenvalue weighted by Crippen LogP contribution is -2.03. The molecule has 0 aromatic carbocycles. The van der Waals surface area contributed by atoms with E-state index in [0.717, 1.165) is 17.0 Å². The molecule has 0 aliphatic heterocycles. The zero-order chi connectivity index (χ0) is 11.5. The van der Waals surface area contributed by atoms with Gasteiger partial charge in [-0.2, -0.15) is 0 Å². The first-order valence-corrected chi connectivity index (χ1v) is 4.93. The van der Waals surface area contributed by atoms with Gasteiger partial charge in [-0.05, 0) is 19.9 Å². The van der Waals surface area contributed by atoms with Crippen molar-refractivity contribution in [3.05, 3.63) is 41.3 Å². The summed E-state index contributed by atoms with van der Waals surface area (Å²) in [6.45, 7) is 4.18. The molecule has 0 saturated carbocycles. The monoisotopic (exact) mass is 221 g/mol. The van der Waals surface area contributed by atoms with Gasteiger partial charge in [0.15, 0.2) is 5.82 Å². The van der Waals surface area contributed by atoms with E-state index in [-0.39, 0.29) is 5.82 Å². The first kappa shape index (κ1) is 10.6. The minimum absolute atomic E-state index is 0.366. The Labute approximate surface area is 92.5 Å². The molecule has 84 valence electrons. The number of anilines is 1. The number of nitrogens with zero attached hydrogens (tertiary/aromatic N) is 2. The van der Waals surface area contributed by atoms with Crippen LogP contribution in [0.5, 0.6) is 0 Å². The van der Waals surface area contributed by atoms with E-state index in [0.29, 0.717) is 12.2 Å². The Morgan fingerprint density at radius 1 is 1.44 bits per heavy atom. The highest BCUT2D eigenvalue weighted by molar-refractivity contribution is 5.43. The Balaban J connectivity index is 2.11. The second-order valence-corrected chi connectivity index (χ2v) is 3.51. The Morgan fingerprint density at radius 2 is 2.25 bits per heavy atom. The maximum atomic E-state index is 13.3. The van der Waals surface area contributed by atoms with Crippen LogP contribution in [-0.2, 0) is 6.54 Å². The molecule has 0 saturated heterocycles. The van der Waals surface area contributed by atoms with Gasteiger partial charge in [0.05, 0.1) is 17.6 Å². The third-order valence-corrected chi connectivity index (χ3v) is 2.41. The molecule has 0 aliphatic carbocycles. The van der Waals surface area contributed by atoms with Gasteiger partial charge in [-0.3, -0.25) is 4.98 Å². The van der Waals surface area contributed by atoms with Gasteiger partial charge >= 0.3 is 0 Å². The summed E-state index contributed by atoms with van der Waals surface area (Å²) in [5.74, 6) is 0.383. The van der Waals surface area contributed by atoms with Crippen molar-refractivity contribution < 1.29 is 8.91 Å². The molecule has 2 aromatic heterocycles. The van der Waals surface area contributed by atoms with Gasteiger partial charge < -0.3 is 9.84 Å². The Hall–Kier alpha value is -1.91. The predicted octanol–water partition coefficient (Wildman–Crippen LogP) is 2.44. The summed E-state index contributed by atoms with van der Waals surface area (Å²) in [5.41, 5.74) is 2.20. The fourth-order valence-electron chi connectivity index (χ4n) is 1.46. The Kier molecular flexibility index (Phi) is 2.85. The highest BCUT2D eigenvalue weighted by Crippen LogP contribution is 2.16. The van der Waals surface area contributed by atoms with Crippen LogP contribution < -0.4 is 5.32 Å². The number of nitrogens with one attached hydrogen (secondary N) is 1. The molecule has 0 fully saturated rings. The minimum atomic E-state index is -0.366. The van der Waals surface area contributed by atoms with Gasteiger partial charge in [0.25, 0.3) is 0 Å². The highest BCUT2D eigenvalue weighted by atomic mass is 19.1. The smallest absolute Gasteiger partial charge is 0.164 e. The summed E-state index contributed by atoms with van der Waals surface area (Å²) in [4.78, 5) is 3.68. The predicted molar refractivity (Wildman–Crippen MR) is 57.5 cm³/mol. The van der Waals surface area contributed by atoms with Crippen LogP contribution in [0.2, 0.25) is 0 Å². The van der Waals surface area contributed by atoms with Crippen molar-refractivity contribution in [1.29, 1.82) is 0 Å². The van der Waals surface area contributed by atoms with E-state index in [9.17, 15) is 4.39 Å². The van der Waals surface area contributed by atoms with Gasteiger partial charge in [0.2, 0.25) is 0 Å². The molecule has 0 unspecified atom stereocenters. The summed E-state index contributed by atoms with van der Waals surface area (Å²) in [7, 11) is 0. The topological polar surface area (TPSA) is 51.0 Å². The van der Waals surface area contributed by atoms with E-state index < -0.39 is 0 Å². The van der Waals surface area contributed by atoms with Gasteiger partial charge in [0.1, 0.15) is 5.76 Å². The molecule has 0 atom stereocenters. The Bertz CT molecular complexity index is 476. The molecule has 2 heterocycles. The number of hydrogen-bond donors (Lipinski definition) is 1. The van der Waals surface area contributed by atoms with Crippen molar-refractivity contribution in [2.45, 2.75) is 20.4 Å². The average Bonchev–Trinajstić information content (AvgIpc) is 2.58. The summed E-state index contributed by atoms with van der Waals surface area (Å²) in [6, 6.07) is 1.59. The first-order chi connectivity index (χ1) is 7.68.